The van der Waals surface area contributed by atoms with Gasteiger partial charge in [0.2, 0.25) is 0 Å². The predicted octanol–water partition coefficient (Wildman–Crippen LogP) is 3.54. The Balaban J connectivity index is 1.64. The summed E-state index contributed by atoms with van der Waals surface area (Å²) in [5.41, 5.74) is 1.98. The number of aryl methyl sites for hydroxylation is 1. The van der Waals surface area contributed by atoms with Crippen LogP contribution in [0.15, 0.2) is 52.8 Å². The molecule has 2 heterocycles. The maximum atomic E-state index is 13.0. The van der Waals surface area contributed by atoms with Crippen LogP contribution in [0.2, 0.25) is 5.02 Å². The molecule has 2 aliphatic rings. The van der Waals surface area contributed by atoms with E-state index in [0.29, 0.717) is 23.0 Å². The number of ether oxygens (including phenoxy) is 1. The molecule has 7 nitrogen and oxygen atoms in total. The van der Waals surface area contributed by atoms with Gasteiger partial charge in [-0.05, 0) is 55.8 Å². The molecule has 0 aromatic heterocycles. The molecule has 4 rings (SSSR count). The minimum absolute atomic E-state index is 0.371. The van der Waals surface area contributed by atoms with Gasteiger partial charge in [0.15, 0.2) is 12.1 Å². The van der Waals surface area contributed by atoms with Crippen LogP contribution in [0.5, 0.6) is 5.75 Å². The molecule has 1 fully saturated rings. The maximum absolute atomic E-state index is 13.0. The smallest absolute Gasteiger partial charge is 0.263 e. The van der Waals surface area contributed by atoms with Gasteiger partial charge >= 0.3 is 0 Å². The van der Waals surface area contributed by atoms with Gasteiger partial charge in [-0.25, -0.2) is 9.91 Å². The maximum Gasteiger partial charge on any atom is 0.263 e. The number of hydrogen-bond acceptors (Lipinski definition) is 6. The van der Waals surface area contributed by atoms with Crippen LogP contribution in [-0.4, -0.2) is 30.5 Å². The molecule has 2 amide bonds. The molecule has 0 N–H and O–H groups in total. The Bertz CT molecular complexity index is 944. The number of anilines is 2. The fourth-order valence-electron chi connectivity index (χ4n) is 3.21. The number of carbonyl (C=O) groups excluding carboxylic acids is 2. The highest BCUT2D eigenvalue weighted by Gasteiger charge is 2.55. The number of fused-ring (bicyclic) bond motifs is 1. The van der Waals surface area contributed by atoms with E-state index in [1.54, 1.807) is 42.5 Å². The van der Waals surface area contributed by atoms with E-state index in [9.17, 15) is 9.59 Å². The second-order valence-corrected chi connectivity index (χ2v) is 6.72. The van der Waals surface area contributed by atoms with Crippen LogP contribution in [0, 0.1) is 6.92 Å². The highest BCUT2D eigenvalue weighted by molar-refractivity contribution is 6.32. The van der Waals surface area contributed by atoms with Gasteiger partial charge in [0.1, 0.15) is 5.75 Å². The molecular formula is C19H17ClN4O3. The van der Waals surface area contributed by atoms with E-state index in [0.717, 1.165) is 16.2 Å². The highest BCUT2D eigenvalue weighted by atomic mass is 35.5. The first-order valence-electron chi connectivity index (χ1n) is 8.58. The fourth-order valence-corrected chi connectivity index (χ4v) is 3.39. The van der Waals surface area contributed by atoms with Crippen molar-refractivity contribution in [2.45, 2.75) is 25.9 Å². The molecule has 2 aromatic rings. The molecule has 2 aromatic carbocycles. The molecule has 1 saturated heterocycles. The van der Waals surface area contributed by atoms with E-state index in [2.05, 4.69) is 10.3 Å². The van der Waals surface area contributed by atoms with Crippen LogP contribution in [0.3, 0.4) is 0 Å². The van der Waals surface area contributed by atoms with Gasteiger partial charge in [-0.3, -0.25) is 9.59 Å². The second-order valence-electron chi connectivity index (χ2n) is 6.31. The Kier molecular flexibility index (Phi) is 4.31. The molecule has 27 heavy (non-hydrogen) atoms. The van der Waals surface area contributed by atoms with Crippen molar-refractivity contribution in [1.82, 2.24) is 0 Å². The normalized spacial score (nSPS) is 21.1. The quantitative estimate of drug-likeness (QED) is 0.755. The third-order valence-electron chi connectivity index (χ3n) is 4.61. The minimum atomic E-state index is -0.857. The largest absolute Gasteiger partial charge is 0.494 e. The Hall–Kier alpha value is -2.93. The lowest BCUT2D eigenvalue weighted by molar-refractivity contribution is -0.121. The number of benzene rings is 2. The van der Waals surface area contributed by atoms with Crippen LogP contribution >= 0.6 is 11.6 Å². The molecule has 0 aliphatic carbocycles. The van der Waals surface area contributed by atoms with Gasteiger partial charge in [0, 0.05) is 5.02 Å². The molecule has 138 valence electrons. The summed E-state index contributed by atoms with van der Waals surface area (Å²) < 4.78 is 5.43. The first-order valence-corrected chi connectivity index (χ1v) is 8.96. The van der Waals surface area contributed by atoms with E-state index in [1.807, 2.05) is 13.8 Å². The van der Waals surface area contributed by atoms with Crippen molar-refractivity contribution < 1.29 is 14.3 Å². The molecule has 8 heteroatoms. The number of imide groups is 1. The molecule has 0 saturated carbocycles. The van der Waals surface area contributed by atoms with Crippen molar-refractivity contribution in [3.8, 4) is 5.75 Å². The van der Waals surface area contributed by atoms with Crippen LogP contribution in [0.25, 0.3) is 0 Å². The van der Waals surface area contributed by atoms with Gasteiger partial charge < -0.3 is 4.74 Å². The molecule has 0 spiro atoms. The third kappa shape index (κ3) is 2.84. The average molecular weight is 385 g/mol. The van der Waals surface area contributed by atoms with Crippen molar-refractivity contribution in [3.05, 3.63) is 53.1 Å². The van der Waals surface area contributed by atoms with E-state index in [-0.39, 0.29) is 5.91 Å². The summed E-state index contributed by atoms with van der Waals surface area (Å²) in [6, 6.07) is 10.6. The van der Waals surface area contributed by atoms with Gasteiger partial charge in [-0.15, -0.1) is 0 Å². The summed E-state index contributed by atoms with van der Waals surface area (Å²) in [5.74, 6) is -0.0513. The van der Waals surface area contributed by atoms with Crippen molar-refractivity contribution >= 4 is 34.8 Å². The van der Waals surface area contributed by atoms with Crippen molar-refractivity contribution in [2.75, 3.05) is 16.5 Å². The molecule has 2 aliphatic heterocycles. The number of hydrogen-bond donors (Lipinski definition) is 0. The zero-order valence-electron chi connectivity index (χ0n) is 14.8. The van der Waals surface area contributed by atoms with Crippen molar-refractivity contribution in [3.63, 3.8) is 0 Å². The van der Waals surface area contributed by atoms with Gasteiger partial charge in [0.25, 0.3) is 11.8 Å². The van der Waals surface area contributed by atoms with Gasteiger partial charge in [-0.2, -0.15) is 5.11 Å². The molecular weight excluding hydrogens is 368 g/mol. The van der Waals surface area contributed by atoms with Crippen LogP contribution in [-0.2, 0) is 9.59 Å². The first-order chi connectivity index (χ1) is 13.0. The van der Waals surface area contributed by atoms with Crippen molar-refractivity contribution in [2.24, 2.45) is 10.3 Å². The summed E-state index contributed by atoms with van der Waals surface area (Å²) in [5, 5.41) is 10.1. The van der Waals surface area contributed by atoms with Crippen molar-refractivity contribution in [1.29, 1.82) is 0 Å². The van der Waals surface area contributed by atoms with Crippen LogP contribution in [0.4, 0.5) is 11.4 Å². The van der Waals surface area contributed by atoms with E-state index in [4.69, 9.17) is 16.3 Å². The SMILES string of the molecule is CCOc1ccc(N2N=N[C@@H]3C(=O)N(c4ccc(C)c(Cl)c4)C(=O)[C@@H]32)cc1. The zero-order valence-corrected chi connectivity index (χ0v) is 15.6. The summed E-state index contributed by atoms with van der Waals surface area (Å²) in [4.78, 5) is 26.9. The fraction of sp³-hybridized carbons (Fsp3) is 0.263. The standard InChI is InChI=1S/C19H17ClN4O3/c1-3-27-14-8-6-12(7-9-14)24-17-16(21-22-24)18(25)23(19(17)26)13-5-4-11(2)15(20)10-13/h4-10,16-17H,3H2,1-2H3/t16-,17+/m0/s1. The number of rotatable bonds is 4. The van der Waals surface area contributed by atoms with E-state index < -0.39 is 18.0 Å². The topological polar surface area (TPSA) is 74.6 Å². The number of amides is 2. The summed E-state index contributed by atoms with van der Waals surface area (Å²) in [6.45, 7) is 4.33. The Labute approximate surface area is 161 Å². The minimum Gasteiger partial charge on any atom is -0.494 e. The summed E-state index contributed by atoms with van der Waals surface area (Å²) >= 11 is 6.16. The lowest BCUT2D eigenvalue weighted by Crippen LogP contribution is -2.39. The lowest BCUT2D eigenvalue weighted by Gasteiger charge is -2.21. The molecule has 0 radical (unpaired) electrons. The van der Waals surface area contributed by atoms with Crippen LogP contribution in [0.1, 0.15) is 12.5 Å². The van der Waals surface area contributed by atoms with E-state index in [1.165, 1.54) is 5.01 Å². The number of carbonyl (C=O) groups is 2. The summed E-state index contributed by atoms with van der Waals surface area (Å²) in [7, 11) is 0. The Morgan fingerprint density at radius 1 is 1.07 bits per heavy atom. The Morgan fingerprint density at radius 2 is 1.78 bits per heavy atom. The molecule has 2 atom stereocenters. The predicted molar refractivity (Wildman–Crippen MR) is 101 cm³/mol. The number of nitrogens with zero attached hydrogens (tertiary/aromatic N) is 4. The zero-order chi connectivity index (χ0) is 19.1. The average Bonchev–Trinajstić information content (AvgIpc) is 3.19. The van der Waals surface area contributed by atoms with Crippen LogP contribution < -0.4 is 14.6 Å². The second kappa shape index (κ2) is 6.66. The third-order valence-corrected chi connectivity index (χ3v) is 5.01. The van der Waals surface area contributed by atoms with Gasteiger partial charge in [0.05, 0.1) is 18.0 Å². The molecule has 0 bridgehead atoms. The number of halogens is 1. The molecule has 0 unspecified atom stereocenters. The van der Waals surface area contributed by atoms with E-state index >= 15 is 0 Å². The highest BCUT2D eigenvalue weighted by Crippen LogP contribution is 2.36. The lowest BCUT2D eigenvalue weighted by atomic mass is 10.1. The monoisotopic (exact) mass is 384 g/mol. The Morgan fingerprint density at radius 3 is 2.44 bits per heavy atom. The first kappa shape index (κ1) is 17.5. The van der Waals surface area contributed by atoms with Gasteiger partial charge in [-0.1, -0.05) is 22.9 Å². The summed E-state index contributed by atoms with van der Waals surface area (Å²) in [6.07, 6.45) is 0.